The first kappa shape index (κ1) is 12.6. The third-order valence-electron chi connectivity index (χ3n) is 3.51. The van der Waals surface area contributed by atoms with Gasteiger partial charge in [-0.1, -0.05) is 17.7 Å². The fourth-order valence-electron chi connectivity index (χ4n) is 2.10. The van der Waals surface area contributed by atoms with Gasteiger partial charge in [0.25, 0.3) is 0 Å². The molecule has 0 aliphatic heterocycles. The van der Waals surface area contributed by atoms with E-state index in [0.717, 1.165) is 5.69 Å². The van der Waals surface area contributed by atoms with Gasteiger partial charge < -0.3 is 4.57 Å². The van der Waals surface area contributed by atoms with Crippen LogP contribution in [0.5, 0.6) is 0 Å². The molecule has 2 rings (SSSR count). The first-order chi connectivity index (χ1) is 8.49. The molecule has 0 unspecified atom stereocenters. The molecule has 94 valence electrons. The third kappa shape index (κ3) is 2.37. The van der Waals surface area contributed by atoms with Crippen LogP contribution >= 0.6 is 0 Å². The first-order valence-corrected chi connectivity index (χ1v) is 6.23. The van der Waals surface area contributed by atoms with Crippen molar-refractivity contribution in [1.29, 1.82) is 0 Å². The lowest BCUT2D eigenvalue weighted by Crippen LogP contribution is -1.93. The number of hydrogen-bond donors (Lipinski definition) is 0. The van der Waals surface area contributed by atoms with E-state index in [1.165, 1.54) is 28.1 Å². The molecule has 0 saturated heterocycles. The van der Waals surface area contributed by atoms with Crippen molar-refractivity contribution in [3.05, 3.63) is 52.3 Å². The number of hydrogen-bond acceptors (Lipinski definition) is 1. The van der Waals surface area contributed by atoms with Gasteiger partial charge in [0, 0.05) is 30.2 Å². The van der Waals surface area contributed by atoms with Gasteiger partial charge in [-0.3, -0.25) is 4.99 Å². The molecule has 0 spiro atoms. The second-order valence-electron chi connectivity index (χ2n) is 4.93. The summed E-state index contributed by atoms with van der Waals surface area (Å²) in [5.41, 5.74) is 7.24. The maximum absolute atomic E-state index is 4.59. The number of aliphatic imine (C=N–C) groups is 1. The Morgan fingerprint density at radius 3 is 2.33 bits per heavy atom. The zero-order chi connectivity index (χ0) is 13.3. The minimum atomic E-state index is 1.04. The largest absolute Gasteiger partial charge is 0.352 e. The summed E-state index contributed by atoms with van der Waals surface area (Å²) in [6, 6.07) is 8.51. The van der Waals surface area contributed by atoms with Crippen LogP contribution in [0.2, 0.25) is 0 Å². The van der Waals surface area contributed by atoms with Gasteiger partial charge in [-0.2, -0.15) is 0 Å². The molecule has 0 saturated carbocycles. The molecule has 0 atom stereocenters. The molecule has 18 heavy (non-hydrogen) atoms. The number of aromatic nitrogens is 1. The van der Waals surface area contributed by atoms with Crippen molar-refractivity contribution in [2.45, 2.75) is 27.7 Å². The van der Waals surface area contributed by atoms with Crippen molar-refractivity contribution in [2.24, 2.45) is 12.0 Å². The van der Waals surface area contributed by atoms with E-state index in [4.69, 9.17) is 0 Å². The van der Waals surface area contributed by atoms with Crippen LogP contribution in [0.1, 0.15) is 28.1 Å². The van der Waals surface area contributed by atoms with Crippen LogP contribution in [-0.2, 0) is 7.05 Å². The van der Waals surface area contributed by atoms with Gasteiger partial charge in [0.2, 0.25) is 0 Å². The number of benzene rings is 1. The van der Waals surface area contributed by atoms with Gasteiger partial charge in [0.15, 0.2) is 0 Å². The average molecular weight is 240 g/mol. The van der Waals surface area contributed by atoms with Crippen LogP contribution in [-0.4, -0.2) is 10.8 Å². The average Bonchev–Trinajstić information content (AvgIpc) is 2.56. The summed E-state index contributed by atoms with van der Waals surface area (Å²) < 4.78 is 2.18. The van der Waals surface area contributed by atoms with Crippen LogP contribution in [0.25, 0.3) is 0 Å². The second-order valence-corrected chi connectivity index (χ2v) is 4.93. The van der Waals surface area contributed by atoms with Crippen molar-refractivity contribution in [3.63, 3.8) is 0 Å². The number of nitrogens with zero attached hydrogens (tertiary/aromatic N) is 2. The van der Waals surface area contributed by atoms with E-state index in [1.54, 1.807) is 0 Å². The molecule has 1 heterocycles. The Balaban J connectivity index is 2.33. The molecule has 0 amide bonds. The van der Waals surface area contributed by atoms with E-state index in [9.17, 15) is 0 Å². The first-order valence-electron chi connectivity index (χ1n) is 6.23. The summed E-state index contributed by atoms with van der Waals surface area (Å²) in [4.78, 5) is 4.59. The van der Waals surface area contributed by atoms with Gasteiger partial charge in [0.1, 0.15) is 0 Å². The lowest BCUT2D eigenvalue weighted by atomic mass is 10.1. The Kier molecular flexibility index (Phi) is 3.37. The molecule has 2 heteroatoms. The van der Waals surface area contributed by atoms with E-state index in [2.05, 4.69) is 68.6 Å². The van der Waals surface area contributed by atoms with E-state index in [-0.39, 0.29) is 0 Å². The van der Waals surface area contributed by atoms with Crippen molar-refractivity contribution >= 4 is 11.9 Å². The maximum atomic E-state index is 4.59. The SMILES string of the molecule is Cc1ccc(N=Cc2cc(C)n(C)c2C)c(C)c1. The fourth-order valence-corrected chi connectivity index (χ4v) is 2.10. The minimum Gasteiger partial charge on any atom is -0.352 e. The van der Waals surface area contributed by atoms with Crippen molar-refractivity contribution in [2.75, 3.05) is 0 Å². The van der Waals surface area contributed by atoms with Gasteiger partial charge in [-0.25, -0.2) is 0 Å². The van der Waals surface area contributed by atoms with E-state index < -0.39 is 0 Å². The van der Waals surface area contributed by atoms with Crippen molar-refractivity contribution < 1.29 is 0 Å². The minimum absolute atomic E-state index is 1.04. The van der Waals surface area contributed by atoms with E-state index in [1.807, 2.05) is 6.21 Å². The topological polar surface area (TPSA) is 17.3 Å². The lowest BCUT2D eigenvalue weighted by molar-refractivity contribution is 0.843. The quantitative estimate of drug-likeness (QED) is 0.706. The summed E-state index contributed by atoms with van der Waals surface area (Å²) in [6.45, 7) is 8.44. The fraction of sp³-hybridized carbons (Fsp3) is 0.312. The Bertz CT molecular complexity index is 604. The number of rotatable bonds is 2. The Hall–Kier alpha value is -1.83. The Morgan fingerprint density at radius 2 is 1.78 bits per heavy atom. The summed E-state index contributed by atoms with van der Waals surface area (Å²) >= 11 is 0. The molecular weight excluding hydrogens is 220 g/mol. The highest BCUT2D eigenvalue weighted by Crippen LogP contribution is 2.20. The maximum Gasteiger partial charge on any atom is 0.0659 e. The molecule has 0 aliphatic rings. The molecular formula is C16H20N2. The molecule has 0 aliphatic carbocycles. The molecule has 0 radical (unpaired) electrons. The Morgan fingerprint density at radius 1 is 1.06 bits per heavy atom. The summed E-state index contributed by atoms with van der Waals surface area (Å²) in [5.74, 6) is 0. The molecule has 0 bridgehead atoms. The highest BCUT2D eigenvalue weighted by atomic mass is 14.9. The molecule has 0 N–H and O–H groups in total. The summed E-state index contributed by atoms with van der Waals surface area (Å²) in [5, 5.41) is 0. The normalized spacial score (nSPS) is 11.4. The molecule has 0 fully saturated rings. The van der Waals surface area contributed by atoms with Crippen molar-refractivity contribution in [3.8, 4) is 0 Å². The molecule has 2 aromatic rings. The number of aryl methyl sites for hydroxylation is 3. The Labute approximate surface area is 109 Å². The predicted molar refractivity (Wildman–Crippen MR) is 78.1 cm³/mol. The zero-order valence-electron chi connectivity index (χ0n) is 11.8. The van der Waals surface area contributed by atoms with Gasteiger partial charge >= 0.3 is 0 Å². The van der Waals surface area contributed by atoms with Crippen LogP contribution in [0.15, 0.2) is 29.3 Å². The van der Waals surface area contributed by atoms with Gasteiger partial charge in [0.05, 0.1) is 5.69 Å². The smallest absolute Gasteiger partial charge is 0.0659 e. The lowest BCUT2D eigenvalue weighted by Gasteiger charge is -2.01. The van der Waals surface area contributed by atoms with E-state index >= 15 is 0 Å². The van der Waals surface area contributed by atoms with Crippen LogP contribution in [0.4, 0.5) is 5.69 Å². The summed E-state index contributed by atoms with van der Waals surface area (Å²) in [6.07, 6.45) is 1.96. The second kappa shape index (κ2) is 4.81. The highest BCUT2D eigenvalue weighted by Gasteiger charge is 2.03. The zero-order valence-corrected chi connectivity index (χ0v) is 11.8. The van der Waals surface area contributed by atoms with Crippen LogP contribution in [0, 0.1) is 27.7 Å². The van der Waals surface area contributed by atoms with Crippen LogP contribution < -0.4 is 0 Å². The highest BCUT2D eigenvalue weighted by molar-refractivity contribution is 5.84. The molecule has 1 aromatic heterocycles. The third-order valence-corrected chi connectivity index (χ3v) is 3.51. The molecule has 1 aromatic carbocycles. The van der Waals surface area contributed by atoms with Gasteiger partial charge in [-0.15, -0.1) is 0 Å². The van der Waals surface area contributed by atoms with Crippen molar-refractivity contribution in [1.82, 2.24) is 4.57 Å². The van der Waals surface area contributed by atoms with E-state index in [0.29, 0.717) is 0 Å². The molecule has 2 nitrogen and oxygen atoms in total. The predicted octanol–water partition coefficient (Wildman–Crippen LogP) is 4.01. The van der Waals surface area contributed by atoms with Gasteiger partial charge in [-0.05, 0) is 45.4 Å². The standard InChI is InChI=1S/C16H20N2/c1-11-6-7-16(12(2)8-11)17-10-15-9-13(3)18(5)14(15)4/h6-10H,1-5H3. The summed E-state index contributed by atoms with van der Waals surface area (Å²) in [7, 11) is 2.08. The monoisotopic (exact) mass is 240 g/mol. The van der Waals surface area contributed by atoms with Crippen LogP contribution in [0.3, 0.4) is 0 Å².